The van der Waals surface area contributed by atoms with Crippen LogP contribution in [0.2, 0.25) is 0 Å². The molecule has 1 aromatic rings. The molecule has 0 aromatic heterocycles. The van der Waals surface area contributed by atoms with Crippen molar-refractivity contribution in [1.29, 1.82) is 5.26 Å². The van der Waals surface area contributed by atoms with Crippen LogP contribution >= 0.6 is 0 Å². The van der Waals surface area contributed by atoms with Crippen molar-refractivity contribution < 1.29 is 0 Å². The molecule has 2 heteroatoms. The number of hydrogen-bond donors (Lipinski definition) is 1. The van der Waals surface area contributed by atoms with E-state index in [0.29, 0.717) is 5.92 Å². The number of hydrogen-bond acceptors (Lipinski definition) is 2. The Labute approximate surface area is 104 Å². The Balaban J connectivity index is 2.05. The zero-order chi connectivity index (χ0) is 12.1. The van der Waals surface area contributed by atoms with Crippen molar-refractivity contribution in [3.05, 3.63) is 29.8 Å². The normalized spacial score (nSPS) is 18.4. The van der Waals surface area contributed by atoms with Gasteiger partial charge in [0.15, 0.2) is 0 Å². The van der Waals surface area contributed by atoms with Gasteiger partial charge in [-0.3, -0.25) is 0 Å². The number of nitrogens with zero attached hydrogens (tertiary/aromatic N) is 1. The summed E-state index contributed by atoms with van der Waals surface area (Å²) in [5.74, 6) is 0.522. The van der Waals surface area contributed by atoms with Gasteiger partial charge in [0, 0.05) is 5.69 Å². The van der Waals surface area contributed by atoms with Crippen molar-refractivity contribution in [2.45, 2.75) is 45.1 Å². The summed E-state index contributed by atoms with van der Waals surface area (Å²) in [6, 6.07) is 10.6. The van der Waals surface area contributed by atoms with E-state index in [0.717, 1.165) is 5.69 Å². The molecule has 1 aromatic carbocycles. The van der Waals surface area contributed by atoms with Gasteiger partial charge in [0.25, 0.3) is 0 Å². The van der Waals surface area contributed by atoms with Crippen LogP contribution < -0.4 is 5.32 Å². The van der Waals surface area contributed by atoms with Crippen LogP contribution in [-0.4, -0.2) is 6.04 Å². The summed E-state index contributed by atoms with van der Waals surface area (Å²) in [7, 11) is 0. The third-order valence-electron chi connectivity index (χ3n) is 3.72. The molecule has 1 N–H and O–H groups in total. The molecule has 17 heavy (non-hydrogen) atoms. The number of rotatable bonds is 3. The van der Waals surface area contributed by atoms with Crippen LogP contribution in [-0.2, 0) is 0 Å². The van der Waals surface area contributed by atoms with Gasteiger partial charge in [-0.05, 0) is 37.3 Å². The highest BCUT2D eigenvalue weighted by Gasteiger charge is 2.23. The number of anilines is 1. The first-order valence-electron chi connectivity index (χ1n) is 6.53. The average molecular weight is 228 g/mol. The Morgan fingerprint density at radius 3 is 2.59 bits per heavy atom. The SMILES string of the molecule is Cc1ccccc1NC(C#N)C1CCCCC1. The van der Waals surface area contributed by atoms with E-state index in [4.69, 9.17) is 0 Å². The Morgan fingerprint density at radius 1 is 1.24 bits per heavy atom. The van der Waals surface area contributed by atoms with Crippen LogP contribution in [0.25, 0.3) is 0 Å². The minimum Gasteiger partial charge on any atom is -0.369 e. The molecule has 2 nitrogen and oxygen atoms in total. The second kappa shape index (κ2) is 5.72. The minimum atomic E-state index is -0.0311. The lowest BCUT2D eigenvalue weighted by Crippen LogP contribution is -2.29. The molecule has 0 aliphatic heterocycles. The quantitative estimate of drug-likeness (QED) is 0.852. The van der Waals surface area contributed by atoms with Crippen molar-refractivity contribution in [3.8, 4) is 6.07 Å². The zero-order valence-corrected chi connectivity index (χ0v) is 10.4. The van der Waals surface area contributed by atoms with Gasteiger partial charge in [0.1, 0.15) is 6.04 Å². The molecule has 1 aliphatic carbocycles. The molecule has 0 radical (unpaired) electrons. The number of aryl methyl sites for hydroxylation is 1. The molecule has 1 aliphatic rings. The number of para-hydroxylation sites is 1. The molecule has 1 unspecified atom stereocenters. The van der Waals surface area contributed by atoms with Crippen LogP contribution in [0.15, 0.2) is 24.3 Å². The Bertz CT molecular complexity index is 400. The fourth-order valence-electron chi connectivity index (χ4n) is 2.63. The van der Waals surface area contributed by atoms with Gasteiger partial charge in [-0.1, -0.05) is 37.5 Å². The first-order valence-corrected chi connectivity index (χ1v) is 6.53. The Hall–Kier alpha value is -1.49. The average Bonchev–Trinajstić information content (AvgIpc) is 2.39. The molecule has 0 amide bonds. The van der Waals surface area contributed by atoms with E-state index in [1.165, 1.54) is 37.7 Å². The molecule has 1 fully saturated rings. The second-order valence-electron chi connectivity index (χ2n) is 4.96. The Kier molecular flexibility index (Phi) is 4.03. The second-order valence-corrected chi connectivity index (χ2v) is 4.96. The summed E-state index contributed by atoms with van der Waals surface area (Å²) in [5, 5.41) is 12.7. The van der Waals surface area contributed by atoms with E-state index in [9.17, 15) is 5.26 Å². The molecule has 0 bridgehead atoms. The largest absolute Gasteiger partial charge is 0.369 e. The van der Waals surface area contributed by atoms with Gasteiger partial charge in [-0.25, -0.2) is 0 Å². The fourth-order valence-corrected chi connectivity index (χ4v) is 2.63. The van der Waals surface area contributed by atoms with E-state index >= 15 is 0 Å². The van der Waals surface area contributed by atoms with Crippen molar-refractivity contribution in [2.24, 2.45) is 5.92 Å². The minimum absolute atomic E-state index is 0.0311. The molecule has 2 rings (SSSR count). The topological polar surface area (TPSA) is 35.8 Å². The van der Waals surface area contributed by atoms with Crippen LogP contribution in [0.4, 0.5) is 5.69 Å². The summed E-state index contributed by atoms with van der Waals surface area (Å²) in [4.78, 5) is 0. The van der Waals surface area contributed by atoms with Gasteiger partial charge in [-0.15, -0.1) is 0 Å². The standard InChI is InChI=1S/C15H20N2/c1-12-7-5-6-10-14(12)17-15(11-16)13-8-3-2-4-9-13/h5-7,10,13,15,17H,2-4,8-9H2,1H3. The van der Waals surface area contributed by atoms with E-state index in [-0.39, 0.29) is 6.04 Å². The highest BCUT2D eigenvalue weighted by Crippen LogP contribution is 2.28. The van der Waals surface area contributed by atoms with Gasteiger partial charge < -0.3 is 5.32 Å². The zero-order valence-electron chi connectivity index (χ0n) is 10.4. The number of nitrogens with one attached hydrogen (secondary N) is 1. The molecule has 90 valence electrons. The molecular formula is C15H20N2. The highest BCUT2D eigenvalue weighted by atomic mass is 14.9. The van der Waals surface area contributed by atoms with E-state index in [1.807, 2.05) is 12.1 Å². The van der Waals surface area contributed by atoms with Crippen LogP contribution in [0.5, 0.6) is 0 Å². The summed E-state index contributed by atoms with van der Waals surface area (Å²) in [6.45, 7) is 2.08. The maximum absolute atomic E-state index is 9.32. The number of nitriles is 1. The Morgan fingerprint density at radius 2 is 1.94 bits per heavy atom. The first kappa shape index (κ1) is 12.0. The van der Waals surface area contributed by atoms with Gasteiger partial charge in [0.05, 0.1) is 6.07 Å². The molecule has 1 atom stereocenters. The number of benzene rings is 1. The lowest BCUT2D eigenvalue weighted by Gasteiger charge is -2.27. The summed E-state index contributed by atoms with van der Waals surface area (Å²) in [5.41, 5.74) is 2.31. The van der Waals surface area contributed by atoms with Gasteiger partial charge >= 0.3 is 0 Å². The molecule has 0 heterocycles. The third-order valence-corrected chi connectivity index (χ3v) is 3.72. The monoisotopic (exact) mass is 228 g/mol. The van der Waals surface area contributed by atoms with E-state index in [1.54, 1.807) is 0 Å². The summed E-state index contributed by atoms with van der Waals surface area (Å²) < 4.78 is 0. The van der Waals surface area contributed by atoms with Crippen molar-refractivity contribution in [1.82, 2.24) is 0 Å². The van der Waals surface area contributed by atoms with Crippen molar-refractivity contribution in [3.63, 3.8) is 0 Å². The maximum Gasteiger partial charge on any atom is 0.117 e. The summed E-state index contributed by atoms with van der Waals surface area (Å²) in [6.07, 6.45) is 6.27. The predicted molar refractivity (Wildman–Crippen MR) is 70.8 cm³/mol. The predicted octanol–water partition coefficient (Wildman–Crippen LogP) is 3.88. The van der Waals surface area contributed by atoms with Gasteiger partial charge in [0.2, 0.25) is 0 Å². The lowest BCUT2D eigenvalue weighted by molar-refractivity contribution is 0.346. The van der Waals surface area contributed by atoms with Crippen molar-refractivity contribution in [2.75, 3.05) is 5.32 Å². The van der Waals surface area contributed by atoms with Crippen LogP contribution in [0.1, 0.15) is 37.7 Å². The molecule has 0 saturated heterocycles. The fraction of sp³-hybridized carbons (Fsp3) is 0.533. The van der Waals surface area contributed by atoms with Gasteiger partial charge in [-0.2, -0.15) is 5.26 Å². The lowest BCUT2D eigenvalue weighted by atomic mass is 9.84. The maximum atomic E-state index is 9.32. The highest BCUT2D eigenvalue weighted by molar-refractivity contribution is 5.52. The first-order chi connectivity index (χ1) is 8.31. The summed E-state index contributed by atoms with van der Waals surface area (Å²) >= 11 is 0. The molecule has 1 saturated carbocycles. The molecular weight excluding hydrogens is 208 g/mol. The van der Waals surface area contributed by atoms with Crippen LogP contribution in [0, 0.1) is 24.2 Å². The van der Waals surface area contributed by atoms with Crippen molar-refractivity contribution >= 4 is 5.69 Å². The van der Waals surface area contributed by atoms with E-state index in [2.05, 4.69) is 30.4 Å². The third kappa shape index (κ3) is 3.00. The molecule has 0 spiro atoms. The van der Waals surface area contributed by atoms with Crippen LogP contribution in [0.3, 0.4) is 0 Å². The van der Waals surface area contributed by atoms with E-state index < -0.39 is 0 Å². The smallest absolute Gasteiger partial charge is 0.117 e.